The molecule has 2 N–H and O–H groups in total. The summed E-state index contributed by atoms with van der Waals surface area (Å²) in [5.74, 6) is 0.341. The number of halogens is 2. The number of rotatable bonds is 2. The molecule has 0 spiro atoms. The Balaban J connectivity index is 2.33. The van der Waals surface area contributed by atoms with Crippen LogP contribution >= 0.6 is 11.6 Å². The average molecular weight is 290 g/mol. The summed E-state index contributed by atoms with van der Waals surface area (Å²) < 4.78 is 15.8. The fourth-order valence-electron chi connectivity index (χ4n) is 2.39. The van der Waals surface area contributed by atoms with Crippen LogP contribution in [-0.4, -0.2) is 9.55 Å². The third kappa shape index (κ3) is 2.02. The molecule has 102 valence electrons. The van der Waals surface area contributed by atoms with Crippen molar-refractivity contribution in [1.82, 2.24) is 9.55 Å². The monoisotopic (exact) mass is 289 g/mol. The van der Waals surface area contributed by atoms with Crippen LogP contribution in [0.25, 0.3) is 22.4 Å². The molecule has 0 aliphatic carbocycles. The molecule has 1 aromatic heterocycles. The zero-order valence-electron chi connectivity index (χ0n) is 10.9. The van der Waals surface area contributed by atoms with Crippen molar-refractivity contribution >= 4 is 28.3 Å². The molecular formula is C15H13ClFN3. The van der Waals surface area contributed by atoms with E-state index >= 15 is 0 Å². The number of benzene rings is 2. The number of para-hydroxylation sites is 1. The van der Waals surface area contributed by atoms with Crippen LogP contribution in [0.4, 0.5) is 10.1 Å². The Hall–Kier alpha value is -2.07. The Morgan fingerprint density at radius 2 is 2.10 bits per heavy atom. The first-order chi connectivity index (χ1) is 9.60. The highest BCUT2D eigenvalue weighted by atomic mass is 35.5. The van der Waals surface area contributed by atoms with E-state index in [-0.39, 0.29) is 5.82 Å². The van der Waals surface area contributed by atoms with E-state index in [1.165, 1.54) is 6.07 Å². The maximum atomic E-state index is 13.9. The summed E-state index contributed by atoms with van der Waals surface area (Å²) >= 11 is 6.03. The predicted molar refractivity (Wildman–Crippen MR) is 80.2 cm³/mol. The van der Waals surface area contributed by atoms with Gasteiger partial charge in [0.05, 0.1) is 5.52 Å². The quantitative estimate of drug-likeness (QED) is 0.722. The fourth-order valence-corrected chi connectivity index (χ4v) is 2.64. The molecule has 1 heterocycles. The van der Waals surface area contributed by atoms with Crippen molar-refractivity contribution in [1.29, 1.82) is 0 Å². The van der Waals surface area contributed by atoms with Crippen molar-refractivity contribution in [2.75, 3.05) is 5.73 Å². The summed E-state index contributed by atoms with van der Waals surface area (Å²) in [6, 6.07) is 10.2. The van der Waals surface area contributed by atoms with E-state index in [0.29, 0.717) is 28.6 Å². The van der Waals surface area contributed by atoms with Crippen LogP contribution in [0.15, 0.2) is 36.4 Å². The third-order valence-electron chi connectivity index (χ3n) is 3.22. The van der Waals surface area contributed by atoms with Gasteiger partial charge < -0.3 is 10.3 Å². The minimum Gasteiger partial charge on any atom is -0.399 e. The molecule has 3 aromatic rings. The van der Waals surface area contributed by atoms with Crippen LogP contribution in [0, 0.1) is 5.82 Å². The first kappa shape index (κ1) is 12.9. The number of hydrogen-bond donors (Lipinski definition) is 1. The summed E-state index contributed by atoms with van der Waals surface area (Å²) in [5.41, 5.74) is 8.29. The van der Waals surface area contributed by atoms with Gasteiger partial charge in [0.25, 0.3) is 0 Å². The molecule has 5 heteroatoms. The molecular weight excluding hydrogens is 277 g/mol. The average Bonchev–Trinajstić information content (AvgIpc) is 2.77. The number of anilines is 1. The maximum absolute atomic E-state index is 13.9. The summed E-state index contributed by atoms with van der Waals surface area (Å²) in [4.78, 5) is 4.41. The molecule has 0 aliphatic heterocycles. The molecule has 3 rings (SSSR count). The molecule has 2 aromatic carbocycles. The van der Waals surface area contributed by atoms with Crippen molar-refractivity contribution in [2.24, 2.45) is 0 Å². The Morgan fingerprint density at radius 1 is 1.30 bits per heavy atom. The lowest BCUT2D eigenvalue weighted by Crippen LogP contribution is -1.98. The zero-order valence-corrected chi connectivity index (χ0v) is 11.7. The summed E-state index contributed by atoms with van der Waals surface area (Å²) in [6.07, 6.45) is 0. The van der Waals surface area contributed by atoms with Gasteiger partial charge in [-0.1, -0.05) is 17.7 Å². The number of fused-ring (bicyclic) bond motifs is 1. The van der Waals surface area contributed by atoms with Crippen molar-refractivity contribution in [3.8, 4) is 11.4 Å². The topological polar surface area (TPSA) is 43.8 Å². The second-order valence-electron chi connectivity index (χ2n) is 4.56. The molecule has 20 heavy (non-hydrogen) atoms. The Bertz CT molecular complexity index is 775. The summed E-state index contributed by atoms with van der Waals surface area (Å²) in [6.45, 7) is 2.67. The standard InChI is InChI=1S/C15H13ClFN3/c1-2-20-13-5-3-4-12(17)14(13)19-15(20)9-6-10(16)8-11(18)7-9/h3-8H,2,18H2,1H3. The van der Waals surface area contributed by atoms with Crippen LogP contribution in [-0.2, 0) is 6.54 Å². The largest absolute Gasteiger partial charge is 0.399 e. The van der Waals surface area contributed by atoms with Crippen LogP contribution in [0.3, 0.4) is 0 Å². The molecule has 0 amide bonds. The number of aryl methyl sites for hydroxylation is 1. The Morgan fingerprint density at radius 3 is 2.80 bits per heavy atom. The number of aromatic nitrogens is 2. The highest BCUT2D eigenvalue weighted by molar-refractivity contribution is 6.31. The minimum absolute atomic E-state index is 0.328. The van der Waals surface area contributed by atoms with Gasteiger partial charge in [0.1, 0.15) is 11.3 Å². The second kappa shape index (κ2) is 4.80. The van der Waals surface area contributed by atoms with Gasteiger partial charge in [-0.25, -0.2) is 9.37 Å². The van der Waals surface area contributed by atoms with Crippen molar-refractivity contribution in [3.05, 3.63) is 47.2 Å². The van der Waals surface area contributed by atoms with E-state index in [1.807, 2.05) is 17.6 Å². The van der Waals surface area contributed by atoms with Gasteiger partial charge in [-0.15, -0.1) is 0 Å². The second-order valence-corrected chi connectivity index (χ2v) is 5.00. The molecule has 0 atom stereocenters. The predicted octanol–water partition coefficient (Wildman–Crippen LogP) is 4.10. The number of nitrogens with zero attached hydrogens (tertiary/aromatic N) is 2. The summed E-state index contributed by atoms with van der Waals surface area (Å²) in [7, 11) is 0. The van der Waals surface area contributed by atoms with Crippen LogP contribution in [0.5, 0.6) is 0 Å². The van der Waals surface area contributed by atoms with Gasteiger partial charge in [-0.2, -0.15) is 0 Å². The van der Waals surface area contributed by atoms with E-state index in [2.05, 4.69) is 4.98 Å². The number of nitrogen functional groups attached to an aromatic ring is 1. The number of hydrogen-bond acceptors (Lipinski definition) is 2. The Kier molecular flexibility index (Phi) is 3.10. The Labute approximate surface area is 120 Å². The molecule has 0 saturated carbocycles. The molecule has 3 nitrogen and oxygen atoms in total. The molecule has 0 fully saturated rings. The number of imidazole rings is 1. The highest BCUT2D eigenvalue weighted by Gasteiger charge is 2.14. The first-order valence-corrected chi connectivity index (χ1v) is 6.69. The van der Waals surface area contributed by atoms with E-state index in [4.69, 9.17) is 17.3 Å². The number of nitrogens with two attached hydrogens (primary N) is 1. The molecule has 0 bridgehead atoms. The highest BCUT2D eigenvalue weighted by Crippen LogP contribution is 2.29. The molecule has 0 aliphatic rings. The van der Waals surface area contributed by atoms with Gasteiger partial charge in [-0.05, 0) is 37.3 Å². The fraction of sp³-hybridized carbons (Fsp3) is 0.133. The van der Waals surface area contributed by atoms with Crippen molar-refractivity contribution in [3.63, 3.8) is 0 Å². The third-order valence-corrected chi connectivity index (χ3v) is 3.44. The normalized spacial score (nSPS) is 11.2. The lowest BCUT2D eigenvalue weighted by Gasteiger charge is -2.07. The van der Waals surface area contributed by atoms with E-state index in [0.717, 1.165) is 11.1 Å². The van der Waals surface area contributed by atoms with Gasteiger partial charge in [0.2, 0.25) is 0 Å². The van der Waals surface area contributed by atoms with Gasteiger partial charge in [-0.3, -0.25) is 0 Å². The van der Waals surface area contributed by atoms with E-state index < -0.39 is 0 Å². The summed E-state index contributed by atoms with van der Waals surface area (Å²) in [5, 5.41) is 0.537. The zero-order chi connectivity index (χ0) is 14.3. The lowest BCUT2D eigenvalue weighted by molar-refractivity contribution is 0.637. The van der Waals surface area contributed by atoms with Crippen molar-refractivity contribution in [2.45, 2.75) is 13.5 Å². The van der Waals surface area contributed by atoms with E-state index in [1.54, 1.807) is 24.3 Å². The first-order valence-electron chi connectivity index (χ1n) is 6.31. The van der Waals surface area contributed by atoms with Crippen LogP contribution in [0.2, 0.25) is 5.02 Å². The maximum Gasteiger partial charge on any atom is 0.151 e. The van der Waals surface area contributed by atoms with Crippen molar-refractivity contribution < 1.29 is 4.39 Å². The van der Waals surface area contributed by atoms with E-state index in [9.17, 15) is 4.39 Å². The molecule has 0 radical (unpaired) electrons. The van der Waals surface area contributed by atoms with Gasteiger partial charge >= 0.3 is 0 Å². The lowest BCUT2D eigenvalue weighted by atomic mass is 10.2. The van der Waals surface area contributed by atoms with Gasteiger partial charge in [0, 0.05) is 22.8 Å². The SMILES string of the molecule is CCn1c(-c2cc(N)cc(Cl)c2)nc2c(F)cccc21. The smallest absolute Gasteiger partial charge is 0.151 e. The van der Waals surface area contributed by atoms with Gasteiger partial charge in [0.15, 0.2) is 5.82 Å². The van der Waals surface area contributed by atoms with Crippen LogP contribution in [0.1, 0.15) is 6.92 Å². The molecule has 0 saturated heterocycles. The minimum atomic E-state index is -0.328. The van der Waals surface area contributed by atoms with Crippen LogP contribution < -0.4 is 5.73 Å². The molecule has 0 unspecified atom stereocenters.